The third kappa shape index (κ3) is 2.80. The van der Waals surface area contributed by atoms with Crippen LogP contribution < -0.4 is 10.6 Å². The molecule has 0 radical (unpaired) electrons. The molecule has 1 saturated carbocycles. The number of aryl methyl sites for hydroxylation is 1. The molecule has 2 rings (SSSR count). The van der Waals surface area contributed by atoms with E-state index in [0.717, 1.165) is 24.8 Å². The third-order valence-electron chi connectivity index (χ3n) is 3.17. The van der Waals surface area contributed by atoms with Crippen molar-refractivity contribution in [2.75, 3.05) is 5.32 Å². The van der Waals surface area contributed by atoms with Crippen LogP contribution >= 0.6 is 0 Å². The minimum absolute atomic E-state index is 0.166. The summed E-state index contributed by atoms with van der Waals surface area (Å²) in [5, 5.41) is 14.4. The van der Waals surface area contributed by atoms with Crippen molar-refractivity contribution >= 4 is 17.7 Å². The Bertz CT molecular complexity index is 481. The van der Waals surface area contributed by atoms with Crippen molar-refractivity contribution in [3.8, 4) is 0 Å². The second kappa shape index (κ2) is 5.08. The number of carboxylic acid groups (broad SMARTS) is 1. The minimum Gasteiger partial charge on any atom is -0.478 e. The lowest BCUT2D eigenvalue weighted by Crippen LogP contribution is -2.41. The summed E-state index contributed by atoms with van der Waals surface area (Å²) in [5.41, 5.74) is 1.54. The van der Waals surface area contributed by atoms with Gasteiger partial charge in [-0.3, -0.25) is 0 Å². The fourth-order valence-electron chi connectivity index (χ4n) is 1.79. The van der Waals surface area contributed by atoms with Gasteiger partial charge in [-0.15, -0.1) is 0 Å². The van der Waals surface area contributed by atoms with Gasteiger partial charge in [-0.05, 0) is 43.9 Å². The molecule has 1 aromatic rings. The first kappa shape index (κ1) is 12.4. The molecule has 0 spiro atoms. The maximum atomic E-state index is 11.7. The van der Waals surface area contributed by atoms with Crippen LogP contribution in [-0.2, 0) is 0 Å². The van der Waals surface area contributed by atoms with Crippen LogP contribution in [-0.4, -0.2) is 23.1 Å². The van der Waals surface area contributed by atoms with Gasteiger partial charge in [0.15, 0.2) is 0 Å². The van der Waals surface area contributed by atoms with E-state index >= 15 is 0 Å². The molecule has 0 saturated heterocycles. The zero-order chi connectivity index (χ0) is 13.1. The summed E-state index contributed by atoms with van der Waals surface area (Å²) in [4.78, 5) is 22.5. The van der Waals surface area contributed by atoms with Gasteiger partial charge in [0.25, 0.3) is 0 Å². The number of benzene rings is 1. The van der Waals surface area contributed by atoms with Crippen LogP contribution in [0.2, 0.25) is 0 Å². The molecule has 1 aromatic carbocycles. The van der Waals surface area contributed by atoms with Gasteiger partial charge in [0, 0.05) is 11.7 Å². The van der Waals surface area contributed by atoms with Crippen molar-refractivity contribution in [3.63, 3.8) is 0 Å². The Morgan fingerprint density at radius 3 is 2.61 bits per heavy atom. The topological polar surface area (TPSA) is 78.4 Å². The van der Waals surface area contributed by atoms with Crippen LogP contribution in [0.4, 0.5) is 10.5 Å². The highest BCUT2D eigenvalue weighted by Crippen LogP contribution is 2.19. The van der Waals surface area contributed by atoms with Crippen molar-refractivity contribution < 1.29 is 14.7 Å². The Balaban J connectivity index is 2.04. The molecular weight excluding hydrogens is 232 g/mol. The first-order chi connectivity index (χ1) is 8.56. The Morgan fingerprint density at radius 1 is 1.33 bits per heavy atom. The van der Waals surface area contributed by atoms with Crippen LogP contribution in [0.15, 0.2) is 18.2 Å². The molecule has 1 fully saturated rings. The second-order valence-electron chi connectivity index (χ2n) is 4.56. The molecule has 0 heterocycles. The first-order valence-corrected chi connectivity index (χ1v) is 5.98. The zero-order valence-corrected chi connectivity index (χ0v) is 10.2. The quantitative estimate of drug-likeness (QED) is 0.768. The second-order valence-corrected chi connectivity index (χ2v) is 4.56. The van der Waals surface area contributed by atoms with Gasteiger partial charge in [0.05, 0.1) is 5.56 Å². The number of amides is 2. The van der Waals surface area contributed by atoms with Gasteiger partial charge < -0.3 is 15.7 Å². The van der Waals surface area contributed by atoms with Crippen molar-refractivity contribution in [3.05, 3.63) is 29.3 Å². The molecule has 0 atom stereocenters. The van der Waals surface area contributed by atoms with E-state index in [1.165, 1.54) is 12.1 Å². The monoisotopic (exact) mass is 248 g/mol. The molecule has 0 unspecified atom stereocenters. The Labute approximate surface area is 105 Å². The van der Waals surface area contributed by atoms with Crippen molar-refractivity contribution in [1.29, 1.82) is 0 Å². The number of carbonyl (C=O) groups excluding carboxylic acids is 1. The molecule has 0 aliphatic heterocycles. The van der Waals surface area contributed by atoms with Gasteiger partial charge >= 0.3 is 12.0 Å². The summed E-state index contributed by atoms with van der Waals surface area (Å²) in [6.45, 7) is 1.82. The smallest absolute Gasteiger partial charge is 0.335 e. The maximum Gasteiger partial charge on any atom is 0.335 e. The van der Waals surface area contributed by atoms with Crippen LogP contribution in [0.25, 0.3) is 0 Å². The van der Waals surface area contributed by atoms with Crippen LogP contribution in [0.1, 0.15) is 35.2 Å². The Kier molecular flexibility index (Phi) is 3.50. The molecule has 1 aliphatic carbocycles. The van der Waals surface area contributed by atoms with E-state index in [1.807, 2.05) is 6.92 Å². The summed E-state index contributed by atoms with van der Waals surface area (Å²) in [6.07, 6.45) is 3.18. The van der Waals surface area contributed by atoms with Gasteiger partial charge in [-0.25, -0.2) is 9.59 Å². The fourth-order valence-corrected chi connectivity index (χ4v) is 1.79. The highest BCUT2D eigenvalue weighted by atomic mass is 16.4. The van der Waals surface area contributed by atoms with E-state index in [9.17, 15) is 9.59 Å². The number of carboxylic acids is 1. The predicted molar refractivity (Wildman–Crippen MR) is 67.9 cm³/mol. The lowest BCUT2D eigenvalue weighted by atomic mass is 9.93. The molecule has 18 heavy (non-hydrogen) atoms. The largest absolute Gasteiger partial charge is 0.478 e. The normalized spacial score (nSPS) is 14.7. The summed E-state index contributed by atoms with van der Waals surface area (Å²) < 4.78 is 0. The van der Waals surface area contributed by atoms with Crippen molar-refractivity contribution in [1.82, 2.24) is 5.32 Å². The highest BCUT2D eigenvalue weighted by molar-refractivity contribution is 5.94. The Morgan fingerprint density at radius 2 is 2.06 bits per heavy atom. The summed E-state index contributed by atoms with van der Waals surface area (Å²) in [6, 6.07) is 4.66. The van der Waals surface area contributed by atoms with E-state index in [0.29, 0.717) is 5.69 Å². The first-order valence-electron chi connectivity index (χ1n) is 5.98. The number of carbonyl (C=O) groups is 2. The average molecular weight is 248 g/mol. The van der Waals surface area contributed by atoms with Crippen LogP contribution in [0.5, 0.6) is 0 Å². The standard InChI is InChI=1S/C13H16N2O3/c1-8-5-6-9(12(16)17)7-11(8)15-13(18)14-10-3-2-4-10/h5-7,10H,2-4H2,1H3,(H,16,17)(H2,14,15,18). The number of hydrogen-bond acceptors (Lipinski definition) is 2. The van der Waals surface area contributed by atoms with Crippen molar-refractivity contribution in [2.24, 2.45) is 0 Å². The number of anilines is 1. The molecule has 96 valence electrons. The van der Waals surface area contributed by atoms with Crippen LogP contribution in [0.3, 0.4) is 0 Å². The summed E-state index contributed by atoms with van der Waals surface area (Å²) >= 11 is 0. The van der Waals surface area contributed by atoms with E-state index in [1.54, 1.807) is 6.07 Å². The summed E-state index contributed by atoms with van der Waals surface area (Å²) in [7, 11) is 0. The zero-order valence-electron chi connectivity index (χ0n) is 10.2. The molecule has 1 aliphatic rings. The van der Waals surface area contributed by atoms with E-state index < -0.39 is 5.97 Å². The molecule has 0 aromatic heterocycles. The van der Waals surface area contributed by atoms with Gasteiger partial charge in [0.1, 0.15) is 0 Å². The lowest BCUT2D eigenvalue weighted by Gasteiger charge is -2.26. The number of hydrogen-bond donors (Lipinski definition) is 3. The SMILES string of the molecule is Cc1ccc(C(=O)O)cc1NC(=O)NC1CCC1. The number of aromatic carboxylic acids is 1. The lowest BCUT2D eigenvalue weighted by molar-refractivity contribution is 0.0697. The van der Waals surface area contributed by atoms with E-state index in [-0.39, 0.29) is 17.6 Å². The molecule has 2 amide bonds. The maximum absolute atomic E-state index is 11.7. The third-order valence-corrected chi connectivity index (χ3v) is 3.17. The molecule has 3 N–H and O–H groups in total. The molecule has 5 heteroatoms. The number of urea groups is 1. The van der Waals surface area contributed by atoms with E-state index in [4.69, 9.17) is 5.11 Å². The Hall–Kier alpha value is -2.04. The van der Waals surface area contributed by atoms with Crippen LogP contribution in [0, 0.1) is 6.92 Å². The molecule has 0 bridgehead atoms. The van der Waals surface area contributed by atoms with Gasteiger partial charge in [-0.1, -0.05) is 6.07 Å². The minimum atomic E-state index is -1.00. The predicted octanol–water partition coefficient (Wildman–Crippen LogP) is 2.37. The fraction of sp³-hybridized carbons (Fsp3) is 0.385. The molecular formula is C13H16N2O3. The van der Waals surface area contributed by atoms with Gasteiger partial charge in [-0.2, -0.15) is 0 Å². The highest BCUT2D eigenvalue weighted by Gasteiger charge is 2.19. The van der Waals surface area contributed by atoms with E-state index in [2.05, 4.69) is 10.6 Å². The average Bonchev–Trinajstić information content (AvgIpc) is 2.26. The number of rotatable bonds is 3. The van der Waals surface area contributed by atoms with Crippen molar-refractivity contribution in [2.45, 2.75) is 32.2 Å². The molecule has 5 nitrogen and oxygen atoms in total. The summed E-state index contributed by atoms with van der Waals surface area (Å²) in [5.74, 6) is -1.00. The van der Waals surface area contributed by atoms with Gasteiger partial charge in [0.2, 0.25) is 0 Å². The number of nitrogens with one attached hydrogen (secondary N) is 2.